The number of thioether (sulfide) groups is 1. The number of aliphatic hydroxyl groups is 6. The number of carbonyl (C=O) groups is 1. The highest BCUT2D eigenvalue weighted by molar-refractivity contribution is 7.99. The number of hydrogen-bond acceptors (Lipinski definition) is 20. The quantitative estimate of drug-likeness (QED) is 0.0368. The lowest BCUT2D eigenvalue weighted by Gasteiger charge is -2.47. The van der Waals surface area contributed by atoms with Crippen LogP contribution in [0.1, 0.15) is 24.8 Å². The molecule has 8 rings (SSSR count). The standard InChI is InChI=1S/C45H65N7O13S/c46-16-26-35(55)37(57)32(50)43(60-26)63-40-25(49)15-24(48)34(54)42(40)65-45-39(59)41(64-44-33(51)38(58)36(56)27(17-47)61-44)28(62-45)18-66-14-13-52-29(53)6-2-3-19-7-8-22-10-9-20-4-1-5-21-11-12-23(19)31(22)30(20)21/h1,4-5,7-12,24-28,32-45,54-59H,2-3,6,13-18,46-51H2,(H,52,53)/t24-,25+,26-,27+,28-,32-,33-,34+,35-,36-,37-,38-,39-,40-,41-,42-,43-,44-,45+/m1/s1. The van der Waals surface area contributed by atoms with Crippen LogP contribution in [0.15, 0.2) is 54.6 Å². The minimum atomic E-state index is -1.56. The van der Waals surface area contributed by atoms with E-state index in [1.807, 2.05) is 0 Å². The molecule has 3 aliphatic heterocycles. The van der Waals surface area contributed by atoms with E-state index in [2.05, 4.69) is 59.9 Å². The molecule has 4 fully saturated rings. The zero-order valence-corrected chi connectivity index (χ0v) is 37.3. The summed E-state index contributed by atoms with van der Waals surface area (Å²) in [5.74, 6) is 0.579. The van der Waals surface area contributed by atoms with Crippen LogP contribution in [0, 0.1) is 0 Å². The van der Waals surface area contributed by atoms with Crippen LogP contribution >= 0.6 is 11.8 Å². The molecule has 0 aromatic heterocycles. The number of hydrogen-bond donors (Lipinski definition) is 13. The lowest BCUT2D eigenvalue weighted by Crippen LogP contribution is -2.68. The molecule has 20 nitrogen and oxygen atoms in total. The summed E-state index contributed by atoms with van der Waals surface area (Å²) in [6.07, 6.45) is -17.7. The number of aliphatic hydroxyl groups excluding tert-OH is 6. The van der Waals surface area contributed by atoms with Crippen molar-refractivity contribution in [2.75, 3.05) is 31.1 Å². The van der Waals surface area contributed by atoms with Crippen molar-refractivity contribution in [2.24, 2.45) is 34.4 Å². The van der Waals surface area contributed by atoms with E-state index >= 15 is 0 Å². The van der Waals surface area contributed by atoms with Gasteiger partial charge in [-0.15, -0.1) is 0 Å². The predicted molar refractivity (Wildman–Crippen MR) is 245 cm³/mol. The molecule has 3 saturated heterocycles. The van der Waals surface area contributed by atoms with E-state index in [9.17, 15) is 35.4 Å². The molecule has 3 heterocycles. The number of aryl methyl sites for hydroxylation is 1. The smallest absolute Gasteiger partial charge is 0.220 e. The SMILES string of the molecule is NC[C@@H]1O[C@H](O[C@H]2[C@@H](O)[C@H](O[C@@H]3[C@@H](O)[C@H](N)C[C@H](N)[C@H]3O[C@H]3O[C@H](CN)[C@@H](O)[C@H](O)[C@H]3N)O[C@@H]2CSCCNC(=O)CCCc2ccc3ccc4cccc5ccc2c3c45)[C@H](N)[C@@H](O)[C@@H]1O. The maximum absolute atomic E-state index is 13.0. The summed E-state index contributed by atoms with van der Waals surface area (Å²) in [6, 6.07) is 15.0. The van der Waals surface area contributed by atoms with E-state index in [0.717, 1.165) is 6.42 Å². The molecule has 21 heteroatoms. The van der Waals surface area contributed by atoms with Gasteiger partial charge in [-0.2, -0.15) is 11.8 Å². The largest absolute Gasteiger partial charge is 0.389 e. The maximum atomic E-state index is 13.0. The molecule has 4 aromatic rings. The Morgan fingerprint density at radius 1 is 0.636 bits per heavy atom. The van der Waals surface area contributed by atoms with Gasteiger partial charge in [0.15, 0.2) is 18.9 Å². The zero-order chi connectivity index (χ0) is 47.0. The normalized spacial score (nSPS) is 38.7. The van der Waals surface area contributed by atoms with Gasteiger partial charge in [-0.1, -0.05) is 54.6 Å². The number of nitrogens with one attached hydrogen (secondary N) is 1. The second kappa shape index (κ2) is 21.3. The highest BCUT2D eigenvalue weighted by atomic mass is 32.2. The summed E-state index contributed by atoms with van der Waals surface area (Å²) in [7, 11) is 0. The van der Waals surface area contributed by atoms with E-state index in [-0.39, 0.29) is 31.2 Å². The van der Waals surface area contributed by atoms with Crippen LogP contribution in [0.2, 0.25) is 0 Å². The van der Waals surface area contributed by atoms with Gasteiger partial charge in [0, 0.05) is 49.6 Å². The summed E-state index contributed by atoms with van der Waals surface area (Å²) in [5, 5.41) is 75.6. The van der Waals surface area contributed by atoms with Crippen LogP contribution in [-0.4, -0.2) is 184 Å². The first-order valence-corrected chi connectivity index (χ1v) is 23.8. The summed E-state index contributed by atoms with van der Waals surface area (Å²) in [4.78, 5) is 13.0. The van der Waals surface area contributed by atoms with Crippen LogP contribution in [0.3, 0.4) is 0 Å². The molecule has 0 spiro atoms. The maximum Gasteiger partial charge on any atom is 0.220 e. The number of ether oxygens (including phenoxy) is 6. The summed E-state index contributed by atoms with van der Waals surface area (Å²) in [5.41, 5.74) is 38.0. The Morgan fingerprint density at radius 2 is 1.20 bits per heavy atom. The van der Waals surface area contributed by atoms with Gasteiger partial charge in [-0.25, -0.2) is 0 Å². The van der Waals surface area contributed by atoms with Crippen molar-refractivity contribution in [3.8, 4) is 0 Å². The molecule has 1 saturated carbocycles. The van der Waals surface area contributed by atoms with Crippen molar-refractivity contribution in [1.29, 1.82) is 0 Å². The summed E-state index contributed by atoms with van der Waals surface area (Å²) in [6.45, 7) is 0.0149. The molecule has 1 aliphatic carbocycles. The van der Waals surface area contributed by atoms with Gasteiger partial charge in [0.1, 0.15) is 61.0 Å². The molecule has 0 bridgehead atoms. The van der Waals surface area contributed by atoms with E-state index in [1.165, 1.54) is 49.6 Å². The fraction of sp³-hybridized carbons (Fsp3) is 0.622. The van der Waals surface area contributed by atoms with E-state index < -0.39 is 116 Å². The van der Waals surface area contributed by atoms with Gasteiger partial charge in [-0.3, -0.25) is 4.79 Å². The molecule has 364 valence electrons. The van der Waals surface area contributed by atoms with Gasteiger partial charge in [0.2, 0.25) is 5.91 Å². The summed E-state index contributed by atoms with van der Waals surface area (Å²) < 4.78 is 36.6. The third-order valence-corrected chi connectivity index (χ3v) is 14.6. The predicted octanol–water partition coefficient (Wildman–Crippen LogP) is -3.12. The van der Waals surface area contributed by atoms with Crippen molar-refractivity contribution >= 4 is 50.0 Å². The van der Waals surface area contributed by atoms with E-state index in [0.29, 0.717) is 25.1 Å². The minimum Gasteiger partial charge on any atom is -0.389 e. The molecular formula is C45H65N7O13S. The fourth-order valence-electron chi connectivity index (χ4n) is 9.73. The Labute approximate surface area is 385 Å². The average Bonchev–Trinajstić information content (AvgIpc) is 3.60. The Morgan fingerprint density at radius 3 is 1.83 bits per heavy atom. The van der Waals surface area contributed by atoms with Gasteiger partial charge in [0.05, 0.1) is 24.3 Å². The first-order chi connectivity index (χ1) is 31.7. The average molecular weight is 944 g/mol. The number of benzene rings is 4. The molecule has 19 N–H and O–H groups in total. The van der Waals surface area contributed by atoms with Crippen LogP contribution in [0.5, 0.6) is 0 Å². The Bertz CT molecular complexity index is 2220. The molecule has 19 atom stereocenters. The minimum absolute atomic E-state index is 0.0859. The third kappa shape index (κ3) is 10.0. The zero-order valence-electron chi connectivity index (χ0n) is 36.4. The lowest BCUT2D eigenvalue weighted by molar-refractivity contribution is -0.306. The highest BCUT2D eigenvalue weighted by Gasteiger charge is 2.54. The molecule has 4 aromatic carbocycles. The summed E-state index contributed by atoms with van der Waals surface area (Å²) >= 11 is 1.40. The highest BCUT2D eigenvalue weighted by Crippen LogP contribution is 2.38. The monoisotopic (exact) mass is 943 g/mol. The number of carbonyl (C=O) groups excluding carboxylic acids is 1. The number of nitrogens with two attached hydrogens (primary N) is 6. The van der Waals surface area contributed by atoms with Crippen molar-refractivity contribution in [1.82, 2.24) is 5.32 Å². The molecule has 0 unspecified atom stereocenters. The van der Waals surface area contributed by atoms with Gasteiger partial charge >= 0.3 is 0 Å². The molecular weight excluding hydrogens is 879 g/mol. The second-order valence-corrected chi connectivity index (χ2v) is 19.1. The lowest BCUT2D eigenvalue weighted by atomic mass is 9.84. The van der Waals surface area contributed by atoms with E-state index in [4.69, 9.17) is 62.8 Å². The van der Waals surface area contributed by atoms with Crippen molar-refractivity contribution in [3.05, 3.63) is 60.2 Å². The number of rotatable bonds is 17. The van der Waals surface area contributed by atoms with Gasteiger partial charge in [0.25, 0.3) is 0 Å². The molecule has 4 aliphatic rings. The number of amides is 1. The van der Waals surface area contributed by atoms with Crippen molar-refractivity contribution in [3.63, 3.8) is 0 Å². The third-order valence-electron chi connectivity index (χ3n) is 13.5. The van der Waals surface area contributed by atoms with Crippen LogP contribution in [0.25, 0.3) is 32.3 Å². The second-order valence-electron chi connectivity index (χ2n) is 17.9. The van der Waals surface area contributed by atoms with Crippen LogP contribution in [-0.2, 0) is 39.6 Å². The van der Waals surface area contributed by atoms with Gasteiger partial charge < -0.3 is 98.8 Å². The Kier molecular flexibility index (Phi) is 16.0. The van der Waals surface area contributed by atoms with Crippen LogP contribution < -0.4 is 39.7 Å². The first-order valence-electron chi connectivity index (χ1n) is 22.6. The molecule has 1 amide bonds. The first kappa shape index (κ1) is 49.4. The molecule has 66 heavy (non-hydrogen) atoms. The Balaban J connectivity index is 0.894. The fourth-order valence-corrected chi connectivity index (χ4v) is 10.6. The van der Waals surface area contributed by atoms with Crippen LogP contribution in [0.4, 0.5) is 0 Å². The van der Waals surface area contributed by atoms with Crippen molar-refractivity contribution in [2.45, 2.75) is 142 Å². The molecule has 0 radical (unpaired) electrons. The van der Waals surface area contributed by atoms with Crippen molar-refractivity contribution < 1.29 is 63.9 Å². The Hall–Kier alpha value is -2.98. The van der Waals surface area contributed by atoms with E-state index in [1.54, 1.807) is 0 Å². The van der Waals surface area contributed by atoms with Gasteiger partial charge in [-0.05, 0) is 57.1 Å². The topological polar surface area (TPSA) is 362 Å².